The molecule has 8 heteroatoms. The summed E-state index contributed by atoms with van der Waals surface area (Å²) in [6, 6.07) is 0.259. The van der Waals surface area contributed by atoms with E-state index in [0.29, 0.717) is 5.95 Å². The molecule has 114 valence electrons. The first kappa shape index (κ1) is 15.4. The van der Waals surface area contributed by atoms with E-state index in [4.69, 9.17) is 10.5 Å². The van der Waals surface area contributed by atoms with Crippen molar-refractivity contribution in [3.63, 3.8) is 0 Å². The smallest absolute Gasteiger partial charge is 0.323 e. The zero-order chi connectivity index (χ0) is 15.6. The van der Waals surface area contributed by atoms with Gasteiger partial charge in [-0.25, -0.2) is 4.98 Å². The van der Waals surface area contributed by atoms with Gasteiger partial charge in [0.15, 0.2) is 0 Å². The SMILES string of the molecule is Cc1nc(C)c(C(C)Nc2nc(N)nc(OC(C)C)n2)s1. The third-order valence-electron chi connectivity index (χ3n) is 2.65. The highest BCUT2D eigenvalue weighted by molar-refractivity contribution is 7.11. The molecule has 0 aliphatic heterocycles. The maximum Gasteiger partial charge on any atom is 0.323 e. The lowest BCUT2D eigenvalue weighted by molar-refractivity contribution is 0.222. The molecule has 0 bridgehead atoms. The van der Waals surface area contributed by atoms with Crippen LogP contribution >= 0.6 is 11.3 Å². The highest BCUT2D eigenvalue weighted by Crippen LogP contribution is 2.27. The normalized spacial score (nSPS) is 12.5. The van der Waals surface area contributed by atoms with Crippen molar-refractivity contribution in [2.45, 2.75) is 46.8 Å². The highest BCUT2D eigenvalue weighted by Gasteiger charge is 2.15. The van der Waals surface area contributed by atoms with Gasteiger partial charge in [0.05, 0.1) is 22.8 Å². The lowest BCUT2D eigenvalue weighted by Crippen LogP contribution is -2.14. The topological polar surface area (TPSA) is 98.8 Å². The molecule has 0 spiro atoms. The molecular formula is C13H20N6OS. The van der Waals surface area contributed by atoms with Gasteiger partial charge in [0.1, 0.15) is 0 Å². The summed E-state index contributed by atoms with van der Waals surface area (Å²) in [5, 5.41) is 4.25. The van der Waals surface area contributed by atoms with E-state index in [1.807, 2.05) is 34.6 Å². The molecule has 3 N–H and O–H groups in total. The Kier molecular flexibility index (Phi) is 4.56. The standard InChI is InChI=1S/C13H20N6OS/c1-6(2)20-13-18-11(14)17-12(19-13)16-8(4)10-7(3)15-9(5)21-10/h6,8H,1-5H3,(H3,14,16,17,18,19). The van der Waals surface area contributed by atoms with Crippen molar-refractivity contribution in [1.29, 1.82) is 0 Å². The molecule has 0 radical (unpaired) electrons. The summed E-state index contributed by atoms with van der Waals surface area (Å²) in [6.07, 6.45) is -0.0246. The molecule has 2 aromatic heterocycles. The molecule has 0 aliphatic rings. The van der Waals surface area contributed by atoms with Crippen LogP contribution in [0, 0.1) is 13.8 Å². The van der Waals surface area contributed by atoms with Gasteiger partial charge < -0.3 is 15.8 Å². The van der Waals surface area contributed by atoms with Gasteiger partial charge in [-0.15, -0.1) is 11.3 Å². The van der Waals surface area contributed by atoms with Crippen LogP contribution in [0.25, 0.3) is 0 Å². The summed E-state index contributed by atoms with van der Waals surface area (Å²) in [7, 11) is 0. The highest BCUT2D eigenvalue weighted by atomic mass is 32.1. The number of hydrogen-bond donors (Lipinski definition) is 2. The molecule has 21 heavy (non-hydrogen) atoms. The average molecular weight is 308 g/mol. The number of nitrogen functional groups attached to an aromatic ring is 1. The predicted molar refractivity (Wildman–Crippen MR) is 83.6 cm³/mol. The fraction of sp³-hybridized carbons (Fsp3) is 0.538. The van der Waals surface area contributed by atoms with Crippen molar-refractivity contribution in [1.82, 2.24) is 19.9 Å². The molecule has 0 saturated heterocycles. The maximum atomic E-state index is 5.69. The minimum Gasteiger partial charge on any atom is -0.461 e. The second-order valence-electron chi connectivity index (χ2n) is 5.01. The molecule has 2 heterocycles. The minimum absolute atomic E-state index is 0.0246. The van der Waals surface area contributed by atoms with Crippen LogP contribution in [0.4, 0.5) is 11.9 Å². The predicted octanol–water partition coefficient (Wildman–Crippen LogP) is 2.49. The molecule has 0 fully saturated rings. The Bertz CT molecular complexity index is 627. The van der Waals surface area contributed by atoms with Crippen LogP contribution in [0.3, 0.4) is 0 Å². The zero-order valence-corrected chi connectivity index (χ0v) is 13.7. The van der Waals surface area contributed by atoms with Crippen molar-refractivity contribution >= 4 is 23.2 Å². The van der Waals surface area contributed by atoms with Crippen LogP contribution in [0.5, 0.6) is 6.01 Å². The number of ether oxygens (including phenoxy) is 1. The first-order valence-corrected chi connectivity index (χ1v) is 7.55. The maximum absolute atomic E-state index is 5.69. The van der Waals surface area contributed by atoms with Gasteiger partial charge in [0, 0.05) is 4.88 Å². The quantitative estimate of drug-likeness (QED) is 0.875. The Hall–Kier alpha value is -1.96. The molecule has 0 aliphatic carbocycles. The molecule has 0 amide bonds. The van der Waals surface area contributed by atoms with E-state index in [1.54, 1.807) is 11.3 Å². The van der Waals surface area contributed by atoms with Crippen molar-refractivity contribution in [2.24, 2.45) is 0 Å². The second-order valence-corrected chi connectivity index (χ2v) is 6.25. The molecule has 2 aromatic rings. The minimum atomic E-state index is -0.0246. The third kappa shape index (κ3) is 4.01. The number of nitrogens with one attached hydrogen (secondary N) is 1. The Morgan fingerprint density at radius 3 is 2.38 bits per heavy atom. The number of thiazole rings is 1. The van der Waals surface area contributed by atoms with Crippen molar-refractivity contribution in [2.75, 3.05) is 11.1 Å². The molecule has 1 atom stereocenters. The van der Waals surface area contributed by atoms with Crippen molar-refractivity contribution < 1.29 is 4.74 Å². The number of aromatic nitrogens is 4. The monoisotopic (exact) mass is 308 g/mol. The van der Waals surface area contributed by atoms with Crippen LogP contribution in [-0.4, -0.2) is 26.0 Å². The second kappa shape index (κ2) is 6.21. The molecule has 2 rings (SSSR count). The van der Waals surface area contributed by atoms with Gasteiger partial charge in [-0.3, -0.25) is 0 Å². The van der Waals surface area contributed by atoms with Crippen LogP contribution in [0.2, 0.25) is 0 Å². The lowest BCUT2D eigenvalue weighted by Gasteiger charge is -2.14. The number of hydrogen-bond acceptors (Lipinski definition) is 8. The molecule has 7 nitrogen and oxygen atoms in total. The van der Waals surface area contributed by atoms with Gasteiger partial charge in [0.2, 0.25) is 11.9 Å². The largest absolute Gasteiger partial charge is 0.461 e. The number of rotatable bonds is 5. The van der Waals surface area contributed by atoms with E-state index in [2.05, 4.69) is 25.3 Å². The van der Waals surface area contributed by atoms with Gasteiger partial charge >= 0.3 is 6.01 Å². The van der Waals surface area contributed by atoms with Crippen LogP contribution < -0.4 is 15.8 Å². The Balaban J connectivity index is 2.18. The van der Waals surface area contributed by atoms with E-state index >= 15 is 0 Å². The summed E-state index contributed by atoms with van der Waals surface area (Å²) in [4.78, 5) is 17.9. The first-order valence-electron chi connectivity index (χ1n) is 6.74. The third-order valence-corrected chi connectivity index (χ3v) is 3.91. The zero-order valence-electron chi connectivity index (χ0n) is 12.8. The Morgan fingerprint density at radius 1 is 1.10 bits per heavy atom. The number of anilines is 2. The number of aryl methyl sites for hydroxylation is 2. The van der Waals surface area contributed by atoms with Gasteiger partial charge in [-0.05, 0) is 34.6 Å². The van der Waals surface area contributed by atoms with E-state index in [-0.39, 0.29) is 24.1 Å². The van der Waals surface area contributed by atoms with Crippen molar-refractivity contribution in [3.05, 3.63) is 15.6 Å². The van der Waals surface area contributed by atoms with Gasteiger partial charge in [0.25, 0.3) is 0 Å². The summed E-state index contributed by atoms with van der Waals surface area (Å²) in [5.74, 6) is 0.531. The molecule has 0 aromatic carbocycles. The lowest BCUT2D eigenvalue weighted by atomic mass is 10.2. The van der Waals surface area contributed by atoms with Crippen LogP contribution in [0.15, 0.2) is 0 Å². The Morgan fingerprint density at radius 2 is 1.81 bits per heavy atom. The van der Waals surface area contributed by atoms with Gasteiger partial charge in [-0.1, -0.05) is 0 Å². The van der Waals surface area contributed by atoms with E-state index in [1.165, 1.54) is 0 Å². The average Bonchev–Trinajstić information content (AvgIpc) is 2.66. The molecule has 1 unspecified atom stereocenters. The summed E-state index contributed by atoms with van der Waals surface area (Å²) in [5.41, 5.74) is 6.70. The van der Waals surface area contributed by atoms with Crippen molar-refractivity contribution in [3.8, 4) is 6.01 Å². The first-order chi connectivity index (χ1) is 9.85. The summed E-state index contributed by atoms with van der Waals surface area (Å²) in [6.45, 7) is 9.82. The molecule has 0 saturated carbocycles. The fourth-order valence-corrected chi connectivity index (χ4v) is 2.84. The van der Waals surface area contributed by atoms with E-state index in [0.717, 1.165) is 15.6 Å². The fourth-order valence-electron chi connectivity index (χ4n) is 1.91. The number of nitrogens with two attached hydrogens (primary N) is 1. The number of nitrogens with zero attached hydrogens (tertiary/aromatic N) is 4. The van der Waals surface area contributed by atoms with Crippen LogP contribution in [-0.2, 0) is 0 Å². The van der Waals surface area contributed by atoms with Gasteiger partial charge in [-0.2, -0.15) is 15.0 Å². The van der Waals surface area contributed by atoms with E-state index < -0.39 is 0 Å². The molecular weight excluding hydrogens is 288 g/mol. The summed E-state index contributed by atoms with van der Waals surface area (Å²) < 4.78 is 5.46. The summed E-state index contributed by atoms with van der Waals surface area (Å²) >= 11 is 1.65. The van der Waals surface area contributed by atoms with Crippen LogP contribution in [0.1, 0.15) is 42.4 Å². The Labute approximate surface area is 128 Å². The van der Waals surface area contributed by atoms with E-state index in [9.17, 15) is 0 Å².